The zero-order chi connectivity index (χ0) is 36.8. The molecule has 8 heteroatoms. The van der Waals surface area contributed by atoms with Crippen LogP contribution in [0.4, 0.5) is 21.0 Å². The van der Waals surface area contributed by atoms with Crippen LogP contribution in [0.2, 0.25) is 0 Å². The monoisotopic (exact) mass is 707 g/mol. The van der Waals surface area contributed by atoms with Gasteiger partial charge < -0.3 is 31.1 Å². The second-order valence-electron chi connectivity index (χ2n) is 14.3. The fourth-order valence-electron chi connectivity index (χ4n) is 6.48. The van der Waals surface area contributed by atoms with Crippen molar-refractivity contribution in [2.75, 3.05) is 63.0 Å². The molecule has 288 valence electrons. The molecule has 4 amide bonds. The van der Waals surface area contributed by atoms with E-state index in [1.165, 1.54) is 103 Å². The third kappa shape index (κ3) is 22.4. The van der Waals surface area contributed by atoms with Gasteiger partial charge in [0, 0.05) is 37.6 Å². The highest BCUT2D eigenvalue weighted by molar-refractivity contribution is 5.90. The third-order valence-corrected chi connectivity index (χ3v) is 9.52. The molecule has 4 N–H and O–H groups in total. The molecular formula is C43H74N6O2. The van der Waals surface area contributed by atoms with Gasteiger partial charge in [-0.25, -0.2) is 9.59 Å². The van der Waals surface area contributed by atoms with Crippen LogP contribution in [0.15, 0.2) is 48.5 Å². The Morgan fingerprint density at radius 1 is 0.471 bits per heavy atom. The molecule has 8 nitrogen and oxygen atoms in total. The lowest BCUT2D eigenvalue weighted by atomic mass is 10.0. The first kappa shape index (κ1) is 44.1. The Labute approximate surface area is 312 Å². The minimum atomic E-state index is -0.169. The smallest absolute Gasteiger partial charge is 0.319 e. The lowest BCUT2D eigenvalue weighted by molar-refractivity contribution is 0.241. The number of rotatable bonds is 30. The van der Waals surface area contributed by atoms with Crippen LogP contribution >= 0.6 is 0 Å². The van der Waals surface area contributed by atoms with Gasteiger partial charge in [-0.15, -0.1) is 0 Å². The molecule has 0 atom stereocenters. The van der Waals surface area contributed by atoms with Crippen molar-refractivity contribution in [3.05, 3.63) is 59.7 Å². The van der Waals surface area contributed by atoms with E-state index < -0.39 is 0 Å². The first-order valence-corrected chi connectivity index (χ1v) is 20.7. The maximum Gasteiger partial charge on any atom is 0.319 e. The molecule has 0 saturated heterocycles. The van der Waals surface area contributed by atoms with Gasteiger partial charge in [0.2, 0.25) is 0 Å². The van der Waals surface area contributed by atoms with Gasteiger partial charge in [-0.3, -0.25) is 0 Å². The molecule has 0 unspecified atom stereocenters. The average Bonchev–Trinajstić information content (AvgIpc) is 3.12. The lowest BCUT2D eigenvalue weighted by Gasteiger charge is -2.22. The molecule has 0 aliphatic heterocycles. The summed E-state index contributed by atoms with van der Waals surface area (Å²) in [5.74, 6) is 0. The van der Waals surface area contributed by atoms with E-state index in [1.54, 1.807) is 0 Å². The number of anilines is 2. The van der Waals surface area contributed by atoms with Crippen LogP contribution in [-0.2, 0) is 6.42 Å². The van der Waals surface area contributed by atoms with Crippen molar-refractivity contribution < 1.29 is 9.59 Å². The number of urea groups is 2. The van der Waals surface area contributed by atoms with E-state index in [2.05, 4.69) is 70.9 Å². The van der Waals surface area contributed by atoms with E-state index in [9.17, 15) is 9.59 Å². The molecule has 0 aromatic heterocycles. The number of benzene rings is 2. The topological polar surface area (TPSA) is 88.7 Å². The number of hydrogen-bond acceptors (Lipinski definition) is 4. The summed E-state index contributed by atoms with van der Waals surface area (Å²) in [6.07, 6.45) is 20.9. The molecule has 0 saturated carbocycles. The maximum atomic E-state index is 12.8. The molecule has 0 radical (unpaired) electrons. The van der Waals surface area contributed by atoms with Crippen LogP contribution < -0.4 is 21.3 Å². The summed E-state index contributed by atoms with van der Waals surface area (Å²) in [4.78, 5) is 30.6. The van der Waals surface area contributed by atoms with Crippen molar-refractivity contribution in [2.45, 2.75) is 137 Å². The molecule has 2 rings (SSSR count). The first-order valence-electron chi connectivity index (χ1n) is 20.7. The van der Waals surface area contributed by atoms with Crippen molar-refractivity contribution in [2.24, 2.45) is 0 Å². The van der Waals surface area contributed by atoms with Crippen LogP contribution in [-0.4, -0.2) is 74.2 Å². The summed E-state index contributed by atoms with van der Waals surface area (Å²) in [6, 6.07) is 15.7. The summed E-state index contributed by atoms with van der Waals surface area (Å²) in [6.45, 7) is 16.5. The summed E-state index contributed by atoms with van der Waals surface area (Å²) in [7, 11) is 0. The first-order chi connectivity index (χ1) is 25.0. The van der Waals surface area contributed by atoms with E-state index in [1.807, 2.05) is 36.4 Å². The van der Waals surface area contributed by atoms with Crippen molar-refractivity contribution in [3.63, 3.8) is 0 Å². The Kier molecular flexibility index (Phi) is 25.5. The molecule has 0 spiro atoms. The SMILES string of the molecule is CCCCCCN(CCCCCC)CCNC(=O)Nc1cccc(Cc2cccc(NC(=O)NCCN(CCCCCC)CCCCCC)c2)c1. The molecule has 2 aromatic carbocycles. The Morgan fingerprint density at radius 3 is 1.16 bits per heavy atom. The van der Waals surface area contributed by atoms with Crippen molar-refractivity contribution >= 4 is 23.4 Å². The highest BCUT2D eigenvalue weighted by atomic mass is 16.2. The van der Waals surface area contributed by atoms with Crippen LogP contribution in [0.3, 0.4) is 0 Å². The molecule has 2 aromatic rings. The number of amides is 4. The molecule has 0 bridgehead atoms. The fraction of sp³-hybridized carbons (Fsp3) is 0.674. The highest BCUT2D eigenvalue weighted by Gasteiger charge is 2.09. The van der Waals surface area contributed by atoms with Crippen LogP contribution in [0.1, 0.15) is 142 Å². The predicted molar refractivity (Wildman–Crippen MR) is 219 cm³/mol. The molecule has 0 aliphatic carbocycles. The van der Waals surface area contributed by atoms with Gasteiger partial charge in [0.25, 0.3) is 0 Å². The van der Waals surface area contributed by atoms with E-state index in [-0.39, 0.29) is 12.1 Å². The summed E-state index contributed by atoms with van der Waals surface area (Å²) in [5, 5.41) is 12.2. The third-order valence-electron chi connectivity index (χ3n) is 9.52. The molecule has 51 heavy (non-hydrogen) atoms. The number of carbonyl (C=O) groups is 2. The molecule has 0 fully saturated rings. The minimum Gasteiger partial charge on any atom is -0.337 e. The van der Waals surface area contributed by atoms with E-state index in [0.29, 0.717) is 19.5 Å². The number of unbranched alkanes of at least 4 members (excludes halogenated alkanes) is 12. The predicted octanol–water partition coefficient (Wildman–Crippen LogP) is 10.4. The standard InChI is InChI=1S/C43H74N6O2/c1-5-9-13-17-29-48(30-18-14-10-6-2)33-27-44-42(50)46-40-25-21-23-38(36-40)35-39-24-22-26-41(37-39)47-43(51)45-28-34-49(31-19-15-11-7-3)32-20-16-12-8-4/h21-26,36-37H,5-20,27-35H2,1-4H3,(H2,44,46,50)(H2,45,47,51). The van der Waals surface area contributed by atoms with Gasteiger partial charge in [-0.1, -0.05) is 129 Å². The number of nitrogens with zero attached hydrogens (tertiary/aromatic N) is 2. The number of carbonyl (C=O) groups excluding carboxylic acids is 2. The van der Waals surface area contributed by atoms with E-state index >= 15 is 0 Å². The number of nitrogens with one attached hydrogen (secondary N) is 4. The zero-order valence-electron chi connectivity index (χ0n) is 33.0. The van der Waals surface area contributed by atoms with Crippen LogP contribution in [0, 0.1) is 0 Å². The lowest BCUT2D eigenvalue weighted by Crippen LogP contribution is -2.37. The van der Waals surface area contributed by atoms with E-state index in [0.717, 1.165) is 61.8 Å². The number of hydrogen-bond donors (Lipinski definition) is 4. The van der Waals surface area contributed by atoms with Gasteiger partial charge in [0.1, 0.15) is 0 Å². The van der Waals surface area contributed by atoms with Crippen molar-refractivity contribution in [1.29, 1.82) is 0 Å². The zero-order valence-corrected chi connectivity index (χ0v) is 33.0. The van der Waals surface area contributed by atoms with Gasteiger partial charge in [-0.05, 0) is 93.7 Å². The largest absolute Gasteiger partial charge is 0.337 e. The summed E-state index contributed by atoms with van der Waals surface area (Å²) < 4.78 is 0. The van der Waals surface area contributed by atoms with Gasteiger partial charge >= 0.3 is 12.1 Å². The van der Waals surface area contributed by atoms with Crippen molar-refractivity contribution in [3.8, 4) is 0 Å². The molecule has 0 heterocycles. The fourth-order valence-corrected chi connectivity index (χ4v) is 6.48. The van der Waals surface area contributed by atoms with Gasteiger partial charge in [0.05, 0.1) is 0 Å². The highest BCUT2D eigenvalue weighted by Crippen LogP contribution is 2.18. The normalized spacial score (nSPS) is 11.3. The average molecular weight is 707 g/mol. The maximum absolute atomic E-state index is 12.8. The Bertz CT molecular complexity index is 1060. The molecule has 0 aliphatic rings. The summed E-state index contributed by atoms with van der Waals surface area (Å²) in [5.41, 5.74) is 3.74. The van der Waals surface area contributed by atoms with Crippen LogP contribution in [0.5, 0.6) is 0 Å². The Hall–Kier alpha value is -3.10. The summed E-state index contributed by atoms with van der Waals surface area (Å²) >= 11 is 0. The second kappa shape index (κ2) is 29.5. The quantitative estimate of drug-likeness (QED) is 0.0609. The Balaban J connectivity index is 1.80. The Morgan fingerprint density at radius 2 is 0.824 bits per heavy atom. The minimum absolute atomic E-state index is 0.169. The van der Waals surface area contributed by atoms with Crippen LogP contribution in [0.25, 0.3) is 0 Å². The van der Waals surface area contributed by atoms with Gasteiger partial charge in [0.15, 0.2) is 0 Å². The van der Waals surface area contributed by atoms with Gasteiger partial charge in [-0.2, -0.15) is 0 Å². The van der Waals surface area contributed by atoms with Crippen molar-refractivity contribution in [1.82, 2.24) is 20.4 Å². The molecular weight excluding hydrogens is 633 g/mol. The second-order valence-corrected chi connectivity index (χ2v) is 14.3. The van der Waals surface area contributed by atoms with E-state index in [4.69, 9.17) is 0 Å².